The van der Waals surface area contributed by atoms with Crippen LogP contribution in [0.1, 0.15) is 5.56 Å². The molecule has 0 amide bonds. The molecule has 0 atom stereocenters. The van der Waals surface area contributed by atoms with Crippen molar-refractivity contribution in [2.45, 2.75) is 11.4 Å². The van der Waals surface area contributed by atoms with Crippen LogP contribution >= 0.6 is 12.2 Å². The van der Waals surface area contributed by atoms with Crippen molar-refractivity contribution in [1.29, 1.82) is 0 Å². The van der Waals surface area contributed by atoms with Gasteiger partial charge in [0.2, 0.25) is 10.0 Å². The van der Waals surface area contributed by atoms with Crippen LogP contribution in [-0.4, -0.2) is 31.4 Å². The van der Waals surface area contributed by atoms with Gasteiger partial charge in [0, 0.05) is 25.8 Å². The van der Waals surface area contributed by atoms with Crippen molar-refractivity contribution in [3.63, 3.8) is 0 Å². The number of nitrogens with one attached hydrogen (secondary N) is 2. The summed E-state index contributed by atoms with van der Waals surface area (Å²) >= 11 is 5.13. The standard InChI is InChI=1S/C18H21N3O2S2/c1-3-13-19-18(24)20-16-9-11-17(12-10-16)25(22,23)21(2)14-15-7-5-4-6-8-15/h3-12H,1,13-14H2,2H3,(H2,19,20,24). The maximum atomic E-state index is 12.7. The Morgan fingerprint density at radius 2 is 1.80 bits per heavy atom. The number of sulfonamides is 1. The lowest BCUT2D eigenvalue weighted by molar-refractivity contribution is 0.467. The van der Waals surface area contributed by atoms with Gasteiger partial charge in [-0.25, -0.2) is 8.42 Å². The fourth-order valence-electron chi connectivity index (χ4n) is 2.16. The van der Waals surface area contributed by atoms with Crippen LogP contribution in [-0.2, 0) is 16.6 Å². The van der Waals surface area contributed by atoms with Crippen LogP contribution in [0.25, 0.3) is 0 Å². The van der Waals surface area contributed by atoms with Crippen molar-refractivity contribution in [3.8, 4) is 0 Å². The largest absolute Gasteiger partial charge is 0.359 e. The number of benzene rings is 2. The molecule has 132 valence electrons. The SMILES string of the molecule is C=CCNC(=S)Nc1ccc(S(=O)(=O)N(C)Cc2ccccc2)cc1. The zero-order valence-corrected chi connectivity index (χ0v) is 15.6. The highest BCUT2D eigenvalue weighted by molar-refractivity contribution is 7.89. The van der Waals surface area contributed by atoms with E-state index >= 15 is 0 Å². The summed E-state index contributed by atoms with van der Waals surface area (Å²) in [4.78, 5) is 0.237. The van der Waals surface area contributed by atoms with Gasteiger partial charge in [-0.05, 0) is 42.0 Å². The second kappa shape index (κ2) is 8.75. The van der Waals surface area contributed by atoms with Crippen LogP contribution < -0.4 is 10.6 Å². The summed E-state index contributed by atoms with van der Waals surface area (Å²) in [6.45, 7) is 4.48. The van der Waals surface area contributed by atoms with Gasteiger partial charge >= 0.3 is 0 Å². The summed E-state index contributed by atoms with van der Waals surface area (Å²) in [5, 5.41) is 6.39. The molecule has 0 fully saturated rings. The number of hydrogen-bond donors (Lipinski definition) is 2. The van der Waals surface area contributed by atoms with Crippen LogP contribution in [0.2, 0.25) is 0 Å². The van der Waals surface area contributed by atoms with Gasteiger partial charge in [0.15, 0.2) is 5.11 Å². The van der Waals surface area contributed by atoms with E-state index in [9.17, 15) is 8.42 Å². The van der Waals surface area contributed by atoms with Crippen LogP contribution in [0.5, 0.6) is 0 Å². The molecule has 0 aromatic heterocycles. The van der Waals surface area contributed by atoms with Crippen LogP contribution in [0.15, 0.2) is 72.1 Å². The molecule has 0 bridgehead atoms. The van der Waals surface area contributed by atoms with Gasteiger partial charge in [-0.2, -0.15) is 4.31 Å². The van der Waals surface area contributed by atoms with Crippen LogP contribution in [0.4, 0.5) is 5.69 Å². The van der Waals surface area contributed by atoms with Gasteiger partial charge in [0.1, 0.15) is 0 Å². The van der Waals surface area contributed by atoms with Gasteiger partial charge in [0.25, 0.3) is 0 Å². The number of thiocarbonyl (C=S) groups is 1. The number of anilines is 1. The van der Waals surface area contributed by atoms with Gasteiger partial charge in [-0.1, -0.05) is 36.4 Å². The Morgan fingerprint density at radius 3 is 2.40 bits per heavy atom. The Bertz CT molecular complexity index is 819. The summed E-state index contributed by atoms with van der Waals surface area (Å²) in [5.41, 5.74) is 1.65. The van der Waals surface area contributed by atoms with Gasteiger partial charge < -0.3 is 10.6 Å². The summed E-state index contributed by atoms with van der Waals surface area (Å²) in [6, 6.07) is 16.0. The average molecular weight is 376 g/mol. The van der Waals surface area contributed by atoms with Crippen molar-refractivity contribution in [3.05, 3.63) is 72.8 Å². The Balaban J connectivity index is 2.06. The lowest BCUT2D eigenvalue weighted by atomic mass is 10.2. The molecule has 2 rings (SSSR count). The first-order valence-corrected chi connectivity index (χ1v) is 9.54. The van der Waals surface area contributed by atoms with Gasteiger partial charge in [-0.15, -0.1) is 6.58 Å². The third-order valence-corrected chi connectivity index (χ3v) is 5.54. The van der Waals surface area contributed by atoms with Crippen LogP contribution in [0, 0.1) is 0 Å². The molecule has 0 saturated carbocycles. The van der Waals surface area contributed by atoms with E-state index in [1.807, 2.05) is 30.3 Å². The molecular weight excluding hydrogens is 354 g/mol. The molecule has 25 heavy (non-hydrogen) atoms. The minimum absolute atomic E-state index is 0.237. The van der Waals surface area contributed by atoms with Crippen molar-refractivity contribution in [2.75, 3.05) is 18.9 Å². The molecule has 2 aromatic rings. The quantitative estimate of drug-likeness (QED) is 0.575. The molecule has 0 heterocycles. The Hall–Kier alpha value is -2.22. The molecular formula is C18H21N3O2S2. The highest BCUT2D eigenvalue weighted by Crippen LogP contribution is 2.19. The fraction of sp³-hybridized carbons (Fsp3) is 0.167. The second-order valence-electron chi connectivity index (χ2n) is 5.39. The van der Waals surface area contributed by atoms with E-state index in [0.717, 1.165) is 5.56 Å². The molecule has 0 aliphatic carbocycles. The molecule has 0 aliphatic heterocycles. The zero-order valence-electron chi connectivity index (χ0n) is 14.0. The lowest BCUT2D eigenvalue weighted by Crippen LogP contribution is -2.28. The van der Waals surface area contributed by atoms with E-state index in [0.29, 0.717) is 23.9 Å². The van der Waals surface area contributed by atoms with Gasteiger partial charge in [-0.3, -0.25) is 0 Å². The minimum Gasteiger partial charge on any atom is -0.359 e. The smallest absolute Gasteiger partial charge is 0.243 e. The number of rotatable bonds is 7. The highest BCUT2D eigenvalue weighted by atomic mass is 32.2. The summed E-state index contributed by atoms with van der Waals surface area (Å²) in [6.07, 6.45) is 1.70. The molecule has 0 radical (unpaired) electrons. The van der Waals surface area contributed by atoms with Crippen molar-refractivity contribution in [2.24, 2.45) is 0 Å². The number of nitrogens with zero attached hydrogens (tertiary/aromatic N) is 1. The maximum absolute atomic E-state index is 12.7. The normalized spacial score (nSPS) is 11.1. The minimum atomic E-state index is -3.55. The Labute approximate surface area is 154 Å². The molecule has 2 aromatic carbocycles. The van der Waals surface area contributed by atoms with Crippen molar-refractivity contribution in [1.82, 2.24) is 9.62 Å². The van der Waals surface area contributed by atoms with Crippen molar-refractivity contribution < 1.29 is 8.42 Å². The zero-order chi connectivity index (χ0) is 18.3. The third-order valence-electron chi connectivity index (χ3n) is 3.48. The van der Waals surface area contributed by atoms with E-state index in [-0.39, 0.29) is 4.90 Å². The van der Waals surface area contributed by atoms with E-state index in [2.05, 4.69) is 17.2 Å². The maximum Gasteiger partial charge on any atom is 0.243 e. The highest BCUT2D eigenvalue weighted by Gasteiger charge is 2.20. The molecule has 0 aliphatic rings. The van der Waals surface area contributed by atoms with E-state index in [4.69, 9.17) is 12.2 Å². The first-order chi connectivity index (χ1) is 11.9. The van der Waals surface area contributed by atoms with E-state index in [1.54, 1.807) is 37.4 Å². The summed E-state index contributed by atoms with van der Waals surface area (Å²) in [5.74, 6) is 0. The fourth-order valence-corrected chi connectivity index (χ4v) is 3.52. The molecule has 2 N–H and O–H groups in total. The second-order valence-corrected chi connectivity index (χ2v) is 7.85. The van der Waals surface area contributed by atoms with E-state index in [1.165, 1.54) is 4.31 Å². The van der Waals surface area contributed by atoms with E-state index < -0.39 is 10.0 Å². The summed E-state index contributed by atoms with van der Waals surface area (Å²) in [7, 11) is -1.98. The Kier molecular flexibility index (Phi) is 6.69. The topological polar surface area (TPSA) is 61.4 Å². The Morgan fingerprint density at radius 1 is 1.16 bits per heavy atom. The molecule has 0 unspecified atom stereocenters. The van der Waals surface area contributed by atoms with Crippen molar-refractivity contribution >= 4 is 33.0 Å². The third kappa shape index (κ3) is 5.38. The predicted octanol–water partition coefficient (Wildman–Crippen LogP) is 2.98. The lowest BCUT2D eigenvalue weighted by Gasteiger charge is -2.17. The monoisotopic (exact) mass is 375 g/mol. The predicted molar refractivity (Wildman–Crippen MR) is 106 cm³/mol. The van der Waals surface area contributed by atoms with Gasteiger partial charge in [0.05, 0.1) is 4.90 Å². The molecule has 5 nitrogen and oxygen atoms in total. The summed E-state index contributed by atoms with van der Waals surface area (Å²) < 4.78 is 26.7. The average Bonchev–Trinajstić information content (AvgIpc) is 2.61. The first kappa shape index (κ1) is 19.1. The molecule has 7 heteroatoms. The number of hydrogen-bond acceptors (Lipinski definition) is 3. The first-order valence-electron chi connectivity index (χ1n) is 7.69. The molecule has 0 spiro atoms. The molecule has 0 saturated heterocycles. The van der Waals surface area contributed by atoms with Crippen LogP contribution in [0.3, 0.4) is 0 Å².